The van der Waals surface area contributed by atoms with E-state index >= 15 is 0 Å². The van der Waals surface area contributed by atoms with Crippen molar-refractivity contribution in [1.82, 2.24) is 0 Å². The van der Waals surface area contributed by atoms with Crippen molar-refractivity contribution in [1.29, 1.82) is 0 Å². The van der Waals surface area contributed by atoms with Crippen molar-refractivity contribution in [2.24, 2.45) is 5.73 Å². The predicted octanol–water partition coefficient (Wildman–Crippen LogP) is 1.92. The molecule has 0 aliphatic rings. The van der Waals surface area contributed by atoms with Crippen LogP contribution in [0.1, 0.15) is 29.3 Å². The van der Waals surface area contributed by atoms with Crippen LogP contribution in [0.2, 0.25) is 0 Å². The molecule has 1 aromatic rings. The summed E-state index contributed by atoms with van der Waals surface area (Å²) in [4.78, 5) is 11.4. The van der Waals surface area contributed by atoms with Crippen LogP contribution in [0.3, 0.4) is 0 Å². The van der Waals surface area contributed by atoms with Gasteiger partial charge in [0.05, 0.1) is 0 Å². The molecule has 0 saturated heterocycles. The van der Waals surface area contributed by atoms with Crippen molar-refractivity contribution in [3.05, 3.63) is 35.1 Å². The highest BCUT2D eigenvalue weighted by molar-refractivity contribution is 5.96. The zero-order chi connectivity index (χ0) is 10.6. The van der Waals surface area contributed by atoms with Gasteiger partial charge in [0.2, 0.25) is 0 Å². The van der Waals surface area contributed by atoms with E-state index in [1.807, 2.05) is 6.92 Å². The number of hydrogen-bond donors (Lipinski definition) is 1. The van der Waals surface area contributed by atoms with Gasteiger partial charge in [0, 0.05) is 12.0 Å². The van der Waals surface area contributed by atoms with Crippen molar-refractivity contribution in [3.8, 4) is 0 Å². The van der Waals surface area contributed by atoms with Crippen LogP contribution in [0.25, 0.3) is 0 Å². The lowest BCUT2D eigenvalue weighted by molar-refractivity contribution is 0.0985. The quantitative estimate of drug-likeness (QED) is 0.746. The first-order valence-corrected chi connectivity index (χ1v) is 4.70. The molecule has 0 atom stereocenters. The molecule has 14 heavy (non-hydrogen) atoms. The number of halogens is 1. The second-order valence-electron chi connectivity index (χ2n) is 3.12. The molecule has 0 fully saturated rings. The molecule has 0 saturated carbocycles. The van der Waals surface area contributed by atoms with E-state index in [4.69, 9.17) is 5.73 Å². The topological polar surface area (TPSA) is 43.1 Å². The van der Waals surface area contributed by atoms with Crippen molar-refractivity contribution >= 4 is 5.78 Å². The Morgan fingerprint density at radius 3 is 2.79 bits per heavy atom. The van der Waals surface area contributed by atoms with Gasteiger partial charge in [0.15, 0.2) is 5.78 Å². The number of carbonyl (C=O) groups excluding carboxylic acids is 1. The molecule has 0 amide bonds. The molecule has 0 unspecified atom stereocenters. The van der Waals surface area contributed by atoms with Crippen LogP contribution in [0.15, 0.2) is 18.2 Å². The molecule has 0 aliphatic carbocycles. The van der Waals surface area contributed by atoms with E-state index in [-0.39, 0.29) is 11.6 Å². The number of nitrogens with two attached hydrogens (primary N) is 1. The van der Waals surface area contributed by atoms with E-state index in [9.17, 15) is 9.18 Å². The van der Waals surface area contributed by atoms with Gasteiger partial charge in [-0.2, -0.15) is 0 Å². The average molecular weight is 195 g/mol. The largest absolute Gasteiger partial charge is 0.330 e. The third-order valence-corrected chi connectivity index (χ3v) is 2.12. The summed E-state index contributed by atoms with van der Waals surface area (Å²) >= 11 is 0. The van der Waals surface area contributed by atoms with Gasteiger partial charge in [0.1, 0.15) is 5.82 Å². The molecule has 1 aromatic carbocycles. The van der Waals surface area contributed by atoms with E-state index in [0.29, 0.717) is 30.5 Å². The number of rotatable bonds is 4. The van der Waals surface area contributed by atoms with Gasteiger partial charge in [-0.25, -0.2) is 4.39 Å². The van der Waals surface area contributed by atoms with Crippen LogP contribution >= 0.6 is 0 Å². The maximum Gasteiger partial charge on any atom is 0.164 e. The number of carbonyl (C=O) groups is 1. The highest BCUT2D eigenvalue weighted by atomic mass is 19.1. The summed E-state index contributed by atoms with van der Waals surface area (Å²) in [6.07, 6.45) is 0.907. The Hall–Kier alpha value is -1.22. The van der Waals surface area contributed by atoms with E-state index in [2.05, 4.69) is 0 Å². The maximum absolute atomic E-state index is 13.1. The summed E-state index contributed by atoms with van der Waals surface area (Å²) in [7, 11) is 0. The molecule has 1 rings (SSSR count). The fourth-order valence-corrected chi connectivity index (χ4v) is 1.29. The smallest absolute Gasteiger partial charge is 0.164 e. The Kier molecular flexibility index (Phi) is 3.77. The Labute approximate surface area is 82.9 Å². The first-order chi connectivity index (χ1) is 6.69. The van der Waals surface area contributed by atoms with Crippen LogP contribution in [0.4, 0.5) is 4.39 Å². The van der Waals surface area contributed by atoms with Gasteiger partial charge < -0.3 is 5.73 Å². The zero-order valence-corrected chi connectivity index (χ0v) is 8.22. The number of hydrogen-bond acceptors (Lipinski definition) is 2. The zero-order valence-electron chi connectivity index (χ0n) is 8.22. The molecule has 0 heterocycles. The van der Waals surface area contributed by atoms with Crippen LogP contribution in [0.5, 0.6) is 0 Å². The van der Waals surface area contributed by atoms with Crippen molar-refractivity contribution < 1.29 is 9.18 Å². The van der Waals surface area contributed by atoms with Gasteiger partial charge in [0.25, 0.3) is 0 Å². The number of ketones is 1. The van der Waals surface area contributed by atoms with Gasteiger partial charge >= 0.3 is 0 Å². The highest BCUT2D eigenvalue weighted by Gasteiger charge is 2.07. The number of aryl methyl sites for hydroxylation is 1. The van der Waals surface area contributed by atoms with Gasteiger partial charge in [-0.05, 0) is 36.7 Å². The van der Waals surface area contributed by atoms with Crippen LogP contribution in [-0.4, -0.2) is 12.3 Å². The predicted molar refractivity (Wildman–Crippen MR) is 53.8 cm³/mol. The third-order valence-electron chi connectivity index (χ3n) is 2.12. The monoisotopic (exact) mass is 195 g/mol. The summed E-state index contributed by atoms with van der Waals surface area (Å²) in [6, 6.07) is 4.45. The molecule has 0 spiro atoms. The molecule has 0 aromatic heterocycles. The second kappa shape index (κ2) is 4.86. The Morgan fingerprint density at radius 1 is 1.50 bits per heavy atom. The molecule has 2 N–H and O–H groups in total. The summed E-state index contributed by atoms with van der Waals surface area (Å²) in [6.45, 7) is 2.19. The molecule has 3 heteroatoms. The van der Waals surface area contributed by atoms with E-state index < -0.39 is 0 Å². The van der Waals surface area contributed by atoms with Crippen LogP contribution in [-0.2, 0) is 6.42 Å². The summed E-state index contributed by atoms with van der Waals surface area (Å²) in [5.41, 5.74) is 6.40. The van der Waals surface area contributed by atoms with Gasteiger partial charge in [-0.1, -0.05) is 6.92 Å². The molecular formula is C11H14FNO. The third kappa shape index (κ3) is 2.39. The van der Waals surface area contributed by atoms with Crippen LogP contribution in [0, 0.1) is 5.82 Å². The average Bonchev–Trinajstić information content (AvgIpc) is 2.19. The van der Waals surface area contributed by atoms with Gasteiger partial charge in [-0.15, -0.1) is 0 Å². The Bertz CT molecular complexity index is 336. The van der Waals surface area contributed by atoms with E-state index in [1.165, 1.54) is 12.1 Å². The lowest BCUT2D eigenvalue weighted by Gasteiger charge is -2.03. The van der Waals surface area contributed by atoms with E-state index in [1.54, 1.807) is 6.07 Å². The molecular weight excluding hydrogens is 181 g/mol. The first kappa shape index (κ1) is 10.9. The molecule has 76 valence electrons. The molecule has 0 aliphatic heterocycles. The summed E-state index contributed by atoms with van der Waals surface area (Å²) < 4.78 is 13.1. The number of Topliss-reactive ketones (excluding diaryl/α,β-unsaturated/α-hetero) is 1. The normalized spacial score (nSPS) is 10.2. The summed E-state index contributed by atoms with van der Waals surface area (Å²) in [5.74, 6) is -0.279. The van der Waals surface area contributed by atoms with Crippen molar-refractivity contribution in [2.45, 2.75) is 19.8 Å². The van der Waals surface area contributed by atoms with Crippen molar-refractivity contribution in [2.75, 3.05) is 6.54 Å². The minimum atomic E-state index is -0.253. The highest BCUT2D eigenvalue weighted by Crippen LogP contribution is 2.12. The van der Waals surface area contributed by atoms with Crippen LogP contribution < -0.4 is 5.73 Å². The molecule has 0 bridgehead atoms. The minimum absolute atomic E-state index is 0.0257. The summed E-state index contributed by atoms with van der Waals surface area (Å²) in [5, 5.41) is 0. The minimum Gasteiger partial charge on any atom is -0.330 e. The lowest BCUT2D eigenvalue weighted by Crippen LogP contribution is -2.08. The molecule has 0 radical (unpaired) electrons. The number of benzene rings is 1. The van der Waals surface area contributed by atoms with Crippen molar-refractivity contribution in [3.63, 3.8) is 0 Å². The fourth-order valence-electron chi connectivity index (χ4n) is 1.29. The van der Waals surface area contributed by atoms with E-state index in [0.717, 1.165) is 0 Å². The Morgan fingerprint density at radius 2 is 2.21 bits per heavy atom. The lowest BCUT2D eigenvalue weighted by atomic mass is 10.0. The molecule has 2 nitrogen and oxygen atoms in total. The SMILES string of the molecule is CCc1cc(C(=O)CCN)ccc1F. The fraction of sp³-hybridized carbons (Fsp3) is 0.364. The second-order valence-corrected chi connectivity index (χ2v) is 3.12. The Balaban J connectivity index is 2.94. The first-order valence-electron chi connectivity index (χ1n) is 4.70. The van der Waals surface area contributed by atoms with Gasteiger partial charge in [-0.3, -0.25) is 4.79 Å². The standard InChI is InChI=1S/C11H14FNO/c1-2-8-7-9(3-4-10(8)12)11(14)5-6-13/h3-4,7H,2,5-6,13H2,1H3. The maximum atomic E-state index is 13.1.